The molecule has 0 aliphatic rings. The molecule has 100 valence electrons. The summed E-state index contributed by atoms with van der Waals surface area (Å²) in [5, 5.41) is 2.88. The summed E-state index contributed by atoms with van der Waals surface area (Å²) in [5.41, 5.74) is 6.73. The van der Waals surface area contributed by atoms with Crippen LogP contribution in [-0.2, 0) is 0 Å². The molecule has 0 bridgehead atoms. The monoisotopic (exact) mass is 250 g/mol. The van der Waals surface area contributed by atoms with Gasteiger partial charge in [0, 0.05) is 6.54 Å². The zero-order valence-electron chi connectivity index (χ0n) is 11.2. The molecule has 0 saturated heterocycles. The van der Waals surface area contributed by atoms with Crippen molar-refractivity contribution >= 4 is 11.6 Å². The van der Waals surface area contributed by atoms with Crippen LogP contribution in [0.2, 0.25) is 0 Å². The average Bonchev–Trinajstić information content (AvgIpc) is 2.38. The van der Waals surface area contributed by atoms with Gasteiger partial charge in [-0.1, -0.05) is 32.3 Å². The molecule has 0 unspecified atom stereocenters. The van der Waals surface area contributed by atoms with Gasteiger partial charge in [-0.3, -0.25) is 4.79 Å². The van der Waals surface area contributed by atoms with E-state index in [1.807, 2.05) is 0 Å². The van der Waals surface area contributed by atoms with Crippen LogP contribution in [0.1, 0.15) is 43.0 Å². The zero-order valence-corrected chi connectivity index (χ0v) is 11.2. The van der Waals surface area contributed by atoms with Gasteiger partial charge in [0.25, 0.3) is 5.91 Å². The number of nitrogens with one attached hydrogen (secondary N) is 1. The largest absolute Gasteiger partial charge is 0.495 e. The van der Waals surface area contributed by atoms with Gasteiger partial charge in [0.1, 0.15) is 5.75 Å². The normalized spacial score (nSPS) is 10.1. The highest BCUT2D eigenvalue weighted by Crippen LogP contribution is 2.24. The summed E-state index contributed by atoms with van der Waals surface area (Å²) in [6, 6.07) is 5.22. The number of carbonyl (C=O) groups is 1. The highest BCUT2D eigenvalue weighted by molar-refractivity contribution is 6.00. The number of hydrogen-bond acceptors (Lipinski definition) is 3. The van der Waals surface area contributed by atoms with E-state index in [0.717, 1.165) is 12.8 Å². The fourth-order valence-corrected chi connectivity index (χ4v) is 1.77. The van der Waals surface area contributed by atoms with E-state index in [-0.39, 0.29) is 5.91 Å². The van der Waals surface area contributed by atoms with E-state index in [2.05, 4.69) is 12.2 Å². The highest BCUT2D eigenvalue weighted by atomic mass is 16.5. The lowest BCUT2D eigenvalue weighted by Gasteiger charge is -2.10. The maximum absolute atomic E-state index is 11.9. The summed E-state index contributed by atoms with van der Waals surface area (Å²) < 4.78 is 5.09. The summed E-state index contributed by atoms with van der Waals surface area (Å²) in [6.45, 7) is 2.85. The van der Waals surface area contributed by atoms with Crippen molar-refractivity contribution in [3.8, 4) is 5.75 Å². The Bertz CT molecular complexity index is 391. The third-order valence-corrected chi connectivity index (χ3v) is 2.85. The predicted octanol–water partition coefficient (Wildman–Crippen LogP) is 2.59. The van der Waals surface area contributed by atoms with E-state index in [9.17, 15) is 4.79 Å². The second-order valence-corrected chi connectivity index (χ2v) is 4.24. The number of rotatable bonds is 7. The number of amides is 1. The van der Waals surface area contributed by atoms with Crippen molar-refractivity contribution in [2.45, 2.75) is 32.6 Å². The van der Waals surface area contributed by atoms with Gasteiger partial charge in [0.05, 0.1) is 18.4 Å². The number of nitrogens with two attached hydrogens (primary N) is 1. The van der Waals surface area contributed by atoms with Crippen LogP contribution < -0.4 is 15.8 Å². The minimum absolute atomic E-state index is 0.136. The average molecular weight is 250 g/mol. The molecule has 1 aromatic rings. The van der Waals surface area contributed by atoms with Gasteiger partial charge in [-0.2, -0.15) is 0 Å². The molecule has 3 N–H and O–H groups in total. The van der Waals surface area contributed by atoms with Gasteiger partial charge in [-0.25, -0.2) is 0 Å². The molecule has 0 heterocycles. The van der Waals surface area contributed by atoms with Gasteiger partial charge in [-0.15, -0.1) is 0 Å². The maximum Gasteiger partial charge on any atom is 0.253 e. The lowest BCUT2D eigenvalue weighted by atomic mass is 10.1. The number of anilines is 1. The Kier molecular flexibility index (Phi) is 6.05. The van der Waals surface area contributed by atoms with E-state index in [1.165, 1.54) is 20.0 Å². The second-order valence-electron chi connectivity index (χ2n) is 4.24. The standard InChI is InChI=1S/C14H22N2O2/c1-3-4-5-6-10-16-14(17)11-8-7-9-12(18-2)13(11)15/h7-9H,3-6,10,15H2,1-2H3,(H,16,17). The lowest BCUT2D eigenvalue weighted by Crippen LogP contribution is -2.25. The van der Waals surface area contributed by atoms with Crippen molar-refractivity contribution in [2.24, 2.45) is 0 Å². The van der Waals surface area contributed by atoms with Gasteiger partial charge >= 0.3 is 0 Å². The Morgan fingerprint density at radius 3 is 2.78 bits per heavy atom. The van der Waals surface area contributed by atoms with E-state index in [4.69, 9.17) is 10.5 Å². The summed E-state index contributed by atoms with van der Waals surface area (Å²) >= 11 is 0. The number of hydrogen-bond donors (Lipinski definition) is 2. The Labute approximate surface area is 109 Å². The lowest BCUT2D eigenvalue weighted by molar-refractivity contribution is 0.0953. The number of methoxy groups -OCH3 is 1. The van der Waals surface area contributed by atoms with Crippen molar-refractivity contribution in [3.63, 3.8) is 0 Å². The molecule has 0 radical (unpaired) electrons. The van der Waals surface area contributed by atoms with Crippen LogP contribution in [0.5, 0.6) is 5.75 Å². The van der Waals surface area contributed by atoms with Crippen LogP contribution in [0.25, 0.3) is 0 Å². The Morgan fingerprint density at radius 1 is 1.33 bits per heavy atom. The summed E-state index contributed by atoms with van der Waals surface area (Å²) in [6.07, 6.45) is 4.54. The molecule has 0 fully saturated rings. The number of unbranched alkanes of at least 4 members (excludes halogenated alkanes) is 3. The molecule has 1 aromatic carbocycles. The highest BCUT2D eigenvalue weighted by Gasteiger charge is 2.11. The SMILES string of the molecule is CCCCCCNC(=O)c1cccc(OC)c1N. The van der Waals surface area contributed by atoms with Gasteiger partial charge < -0.3 is 15.8 Å². The van der Waals surface area contributed by atoms with E-state index in [0.29, 0.717) is 23.5 Å². The summed E-state index contributed by atoms with van der Waals surface area (Å²) in [4.78, 5) is 11.9. The first-order chi connectivity index (χ1) is 8.70. The molecule has 4 heteroatoms. The number of benzene rings is 1. The first-order valence-corrected chi connectivity index (χ1v) is 6.41. The topological polar surface area (TPSA) is 64.3 Å². The van der Waals surface area contributed by atoms with Crippen LogP contribution >= 0.6 is 0 Å². The van der Waals surface area contributed by atoms with E-state index in [1.54, 1.807) is 18.2 Å². The van der Waals surface area contributed by atoms with Crippen LogP contribution in [0.15, 0.2) is 18.2 Å². The zero-order chi connectivity index (χ0) is 13.4. The third-order valence-electron chi connectivity index (χ3n) is 2.85. The first-order valence-electron chi connectivity index (χ1n) is 6.41. The van der Waals surface area contributed by atoms with Crippen molar-refractivity contribution in [3.05, 3.63) is 23.8 Å². The summed E-state index contributed by atoms with van der Waals surface area (Å²) in [7, 11) is 1.54. The third kappa shape index (κ3) is 3.95. The first kappa shape index (κ1) is 14.4. The quantitative estimate of drug-likeness (QED) is 0.577. The predicted molar refractivity (Wildman–Crippen MR) is 73.9 cm³/mol. The molecule has 0 aliphatic carbocycles. The van der Waals surface area contributed by atoms with Crippen molar-refractivity contribution in [1.82, 2.24) is 5.32 Å². The molecule has 18 heavy (non-hydrogen) atoms. The van der Waals surface area contributed by atoms with Gasteiger partial charge in [0.2, 0.25) is 0 Å². The molecule has 0 atom stereocenters. The number of ether oxygens (including phenoxy) is 1. The van der Waals surface area contributed by atoms with E-state index < -0.39 is 0 Å². The van der Waals surface area contributed by atoms with Crippen LogP contribution in [0.4, 0.5) is 5.69 Å². The van der Waals surface area contributed by atoms with Crippen LogP contribution in [0, 0.1) is 0 Å². The van der Waals surface area contributed by atoms with Gasteiger partial charge in [-0.05, 0) is 18.6 Å². The molecule has 0 aromatic heterocycles. The molecule has 1 rings (SSSR count). The van der Waals surface area contributed by atoms with Crippen LogP contribution in [0.3, 0.4) is 0 Å². The molecule has 1 amide bonds. The fourth-order valence-electron chi connectivity index (χ4n) is 1.77. The van der Waals surface area contributed by atoms with Crippen molar-refractivity contribution < 1.29 is 9.53 Å². The summed E-state index contributed by atoms with van der Waals surface area (Å²) in [5.74, 6) is 0.400. The Balaban J connectivity index is 2.51. The molecule has 0 spiro atoms. The minimum Gasteiger partial charge on any atom is -0.495 e. The number of para-hydroxylation sites is 1. The second kappa shape index (κ2) is 7.58. The molecular formula is C14H22N2O2. The van der Waals surface area contributed by atoms with E-state index >= 15 is 0 Å². The number of nitrogen functional groups attached to an aromatic ring is 1. The molecule has 0 aliphatic heterocycles. The molecule has 0 saturated carbocycles. The van der Waals surface area contributed by atoms with Gasteiger partial charge in [0.15, 0.2) is 0 Å². The van der Waals surface area contributed by atoms with Crippen molar-refractivity contribution in [2.75, 3.05) is 19.4 Å². The Hall–Kier alpha value is -1.71. The molecule has 4 nitrogen and oxygen atoms in total. The smallest absolute Gasteiger partial charge is 0.253 e. The fraction of sp³-hybridized carbons (Fsp3) is 0.500. The minimum atomic E-state index is -0.136. The Morgan fingerprint density at radius 2 is 2.11 bits per heavy atom. The molecular weight excluding hydrogens is 228 g/mol. The van der Waals surface area contributed by atoms with Crippen molar-refractivity contribution in [1.29, 1.82) is 0 Å². The maximum atomic E-state index is 11.9. The van der Waals surface area contributed by atoms with Crippen LogP contribution in [-0.4, -0.2) is 19.6 Å². The number of carbonyl (C=O) groups excluding carboxylic acids is 1.